The van der Waals surface area contributed by atoms with Crippen LogP contribution in [0, 0.1) is 11.8 Å². The fourth-order valence-electron chi connectivity index (χ4n) is 3.74. The van der Waals surface area contributed by atoms with Crippen molar-refractivity contribution in [1.29, 1.82) is 0 Å². The number of carbonyl (C=O) groups is 2. The van der Waals surface area contributed by atoms with Crippen molar-refractivity contribution in [2.45, 2.75) is 32.0 Å². The number of hydrogen-bond acceptors (Lipinski definition) is 7. The lowest BCUT2D eigenvalue weighted by molar-refractivity contribution is -0.133. The molecule has 1 fully saturated rings. The number of carbonyl (C=O) groups excluding carboxylic acids is 2. The average Bonchev–Trinajstić information content (AvgIpc) is 2.91. The highest BCUT2D eigenvalue weighted by Gasteiger charge is 2.25. The second kappa shape index (κ2) is 14.3. The number of aliphatic hydroxyl groups excluding tert-OH is 1. The molecule has 0 aromatic heterocycles. The van der Waals surface area contributed by atoms with E-state index in [1.807, 2.05) is 12.1 Å². The van der Waals surface area contributed by atoms with E-state index in [-0.39, 0.29) is 0 Å². The van der Waals surface area contributed by atoms with Crippen molar-refractivity contribution >= 4 is 11.8 Å². The lowest BCUT2D eigenvalue weighted by Crippen LogP contribution is -2.51. The van der Waals surface area contributed by atoms with Gasteiger partial charge in [0.25, 0.3) is 11.8 Å². The van der Waals surface area contributed by atoms with Crippen LogP contribution in [0.3, 0.4) is 0 Å². The fraction of sp³-hybridized carbons (Fsp3) is 0.407. The molecule has 1 saturated heterocycles. The van der Waals surface area contributed by atoms with Crippen LogP contribution < -0.4 is 16.1 Å². The Bertz CT molecular complexity index is 1040. The van der Waals surface area contributed by atoms with Gasteiger partial charge in [0.1, 0.15) is 6.04 Å². The van der Waals surface area contributed by atoms with E-state index in [0.29, 0.717) is 5.56 Å². The molecule has 5 N–H and O–H groups in total. The Hall–Kier alpha value is -3.26. The molecule has 1 heterocycles. The molecule has 2 amide bonds. The van der Waals surface area contributed by atoms with E-state index in [1.54, 1.807) is 24.3 Å². The van der Waals surface area contributed by atoms with Gasteiger partial charge in [-0.05, 0) is 68.4 Å². The third-order valence-electron chi connectivity index (χ3n) is 5.87. The molecule has 3 rings (SSSR count). The topological polar surface area (TPSA) is 123 Å². The van der Waals surface area contributed by atoms with Crippen molar-refractivity contribution in [3.63, 3.8) is 0 Å². The van der Waals surface area contributed by atoms with E-state index in [2.05, 4.69) is 39.5 Å². The Morgan fingerprint density at radius 1 is 1.03 bits per heavy atom. The summed E-state index contributed by atoms with van der Waals surface area (Å²) in [6.07, 6.45) is -0.0582. The van der Waals surface area contributed by atoms with Gasteiger partial charge in [0, 0.05) is 36.3 Å². The number of aliphatic hydroxyl groups is 1. The number of rotatable bonds is 10. The molecule has 1 aliphatic heterocycles. The van der Waals surface area contributed by atoms with Gasteiger partial charge in [-0.3, -0.25) is 19.7 Å². The smallest absolute Gasteiger partial charge is 0.268 e. The molecule has 0 radical (unpaired) electrons. The lowest BCUT2D eigenvalue weighted by Gasteiger charge is -2.26. The molecule has 9 nitrogen and oxygen atoms in total. The van der Waals surface area contributed by atoms with E-state index in [9.17, 15) is 14.7 Å². The number of nitrogens with one attached hydrogen (secondary N) is 3. The molecule has 2 atom stereocenters. The van der Waals surface area contributed by atoms with Crippen molar-refractivity contribution in [3.8, 4) is 11.8 Å². The molecule has 192 valence electrons. The maximum atomic E-state index is 12.4. The molecule has 9 heteroatoms. The van der Waals surface area contributed by atoms with Crippen molar-refractivity contribution < 1.29 is 24.6 Å². The molecule has 0 saturated carbocycles. The van der Waals surface area contributed by atoms with E-state index >= 15 is 0 Å². The maximum absolute atomic E-state index is 12.4. The van der Waals surface area contributed by atoms with Crippen LogP contribution in [0.1, 0.15) is 40.4 Å². The van der Waals surface area contributed by atoms with Crippen molar-refractivity contribution in [2.24, 2.45) is 0 Å². The van der Waals surface area contributed by atoms with Crippen LogP contribution in [0.4, 0.5) is 0 Å². The minimum absolute atomic E-state index is 0.304. The summed E-state index contributed by atoms with van der Waals surface area (Å²) in [5, 5.41) is 24.3. The van der Waals surface area contributed by atoms with Gasteiger partial charge in [0.15, 0.2) is 0 Å². The molecule has 2 aromatic carbocycles. The summed E-state index contributed by atoms with van der Waals surface area (Å²) in [7, 11) is 0. The van der Waals surface area contributed by atoms with Gasteiger partial charge in [-0.2, -0.15) is 0 Å². The van der Waals surface area contributed by atoms with Gasteiger partial charge in [-0.25, -0.2) is 5.48 Å². The van der Waals surface area contributed by atoms with Gasteiger partial charge in [-0.15, -0.1) is 0 Å². The highest BCUT2D eigenvalue weighted by Crippen LogP contribution is 2.07. The van der Waals surface area contributed by atoms with Crippen LogP contribution in [-0.2, 0) is 16.1 Å². The Kier molecular flexibility index (Phi) is 10.9. The van der Waals surface area contributed by atoms with Crippen LogP contribution in [0.15, 0.2) is 48.5 Å². The predicted molar refractivity (Wildman–Crippen MR) is 135 cm³/mol. The van der Waals surface area contributed by atoms with Gasteiger partial charge >= 0.3 is 0 Å². The number of ether oxygens (including phenoxy) is 1. The average molecular weight is 495 g/mol. The van der Waals surface area contributed by atoms with Crippen molar-refractivity contribution in [3.05, 3.63) is 70.8 Å². The lowest BCUT2D eigenvalue weighted by atomic mass is 10.1. The molecular weight excluding hydrogens is 460 g/mol. The largest absolute Gasteiger partial charge is 0.391 e. The van der Waals surface area contributed by atoms with Crippen LogP contribution in [0.25, 0.3) is 0 Å². The summed E-state index contributed by atoms with van der Waals surface area (Å²) in [5.41, 5.74) is 4.57. The zero-order valence-corrected chi connectivity index (χ0v) is 20.5. The van der Waals surface area contributed by atoms with Crippen LogP contribution >= 0.6 is 0 Å². The highest BCUT2D eigenvalue weighted by atomic mass is 16.5. The van der Waals surface area contributed by atoms with Gasteiger partial charge < -0.3 is 20.5 Å². The fourth-order valence-corrected chi connectivity index (χ4v) is 3.74. The Morgan fingerprint density at radius 2 is 1.64 bits per heavy atom. The third-order valence-corrected chi connectivity index (χ3v) is 5.87. The quantitative estimate of drug-likeness (QED) is 0.144. The summed E-state index contributed by atoms with van der Waals surface area (Å²) < 4.78 is 5.37. The third kappa shape index (κ3) is 8.75. The number of amides is 2. The normalized spacial score (nSPS) is 15.3. The minimum Gasteiger partial charge on any atom is -0.391 e. The van der Waals surface area contributed by atoms with Crippen LogP contribution in [0.5, 0.6) is 0 Å². The number of benzene rings is 2. The SMILES string of the molecule is C[C@@H](O)[C@H](NC(=O)c1ccc(C#Cc2ccc(CNCCCN3CCOCC3)cc2)cc1)C(=O)NO. The molecule has 0 spiro atoms. The first-order valence-corrected chi connectivity index (χ1v) is 12.1. The van der Waals surface area contributed by atoms with Crippen LogP contribution in [0.2, 0.25) is 0 Å². The Morgan fingerprint density at radius 3 is 2.22 bits per heavy atom. The van der Waals surface area contributed by atoms with Gasteiger partial charge in [0.05, 0.1) is 19.3 Å². The summed E-state index contributed by atoms with van der Waals surface area (Å²) >= 11 is 0. The van der Waals surface area contributed by atoms with E-state index in [1.165, 1.54) is 18.0 Å². The molecule has 36 heavy (non-hydrogen) atoms. The summed E-state index contributed by atoms with van der Waals surface area (Å²) in [6.45, 7) is 7.95. The Labute approximate surface area is 211 Å². The first-order chi connectivity index (χ1) is 17.5. The number of hydrogen-bond donors (Lipinski definition) is 5. The van der Waals surface area contributed by atoms with Crippen molar-refractivity contribution in [1.82, 2.24) is 21.0 Å². The summed E-state index contributed by atoms with van der Waals surface area (Å²) in [5.74, 6) is 4.75. The minimum atomic E-state index is -1.27. The number of nitrogens with zero attached hydrogens (tertiary/aromatic N) is 1. The van der Waals surface area contributed by atoms with Gasteiger partial charge in [-0.1, -0.05) is 24.0 Å². The second-order valence-corrected chi connectivity index (χ2v) is 8.68. The molecule has 1 aliphatic rings. The molecular formula is C27H34N4O5. The standard InChI is InChI=1S/C27H34N4O5/c1-20(32)25(27(34)30-35)29-26(33)24-11-9-22(10-12-24)4-3-21-5-7-23(8-6-21)19-28-13-2-14-31-15-17-36-18-16-31/h5-12,20,25,28,32,35H,2,13-19H2,1H3,(H,29,33)(H,30,34)/t20-,25+/m1/s1. The van der Waals surface area contributed by atoms with E-state index in [4.69, 9.17) is 9.94 Å². The number of morpholine rings is 1. The Balaban J connectivity index is 1.44. The predicted octanol–water partition coefficient (Wildman–Crippen LogP) is 0.883. The van der Waals surface area contributed by atoms with Gasteiger partial charge in [0.2, 0.25) is 0 Å². The first-order valence-electron chi connectivity index (χ1n) is 12.1. The molecule has 0 aliphatic carbocycles. The second-order valence-electron chi connectivity index (χ2n) is 8.68. The highest BCUT2D eigenvalue weighted by molar-refractivity contribution is 5.97. The summed E-state index contributed by atoms with van der Waals surface area (Å²) in [6, 6.07) is 13.4. The zero-order chi connectivity index (χ0) is 25.8. The summed E-state index contributed by atoms with van der Waals surface area (Å²) in [4.78, 5) is 26.4. The monoisotopic (exact) mass is 494 g/mol. The number of hydroxylamine groups is 1. The maximum Gasteiger partial charge on any atom is 0.268 e. The van der Waals surface area contributed by atoms with E-state index < -0.39 is 24.0 Å². The first kappa shape index (κ1) is 27.3. The van der Waals surface area contributed by atoms with Crippen LogP contribution in [-0.4, -0.2) is 78.6 Å². The molecule has 0 unspecified atom stereocenters. The molecule has 0 bridgehead atoms. The zero-order valence-electron chi connectivity index (χ0n) is 20.5. The molecule has 2 aromatic rings. The van der Waals surface area contributed by atoms with E-state index in [0.717, 1.165) is 63.5 Å². The van der Waals surface area contributed by atoms with Crippen molar-refractivity contribution in [2.75, 3.05) is 39.4 Å².